The summed E-state index contributed by atoms with van der Waals surface area (Å²) in [7, 11) is 0. The fourth-order valence-corrected chi connectivity index (χ4v) is 3.89. The highest BCUT2D eigenvalue weighted by Crippen LogP contribution is 2.45. The van der Waals surface area contributed by atoms with Crippen LogP contribution in [0.15, 0.2) is 97.1 Å². The summed E-state index contributed by atoms with van der Waals surface area (Å²) >= 11 is 0. The second-order valence-corrected chi connectivity index (χ2v) is 8.34. The van der Waals surface area contributed by atoms with Crippen molar-refractivity contribution in [3.8, 4) is 22.6 Å². The van der Waals surface area contributed by atoms with Gasteiger partial charge in [-0.05, 0) is 59.9 Å². The zero-order valence-electron chi connectivity index (χ0n) is 19.4. The number of hydrogen-bond acceptors (Lipinski definition) is 4. The number of rotatable bonds is 6. The molecule has 0 aromatic heterocycles. The Hall–Kier alpha value is -4.18. The molecule has 170 valence electrons. The first-order chi connectivity index (χ1) is 16.5. The molecule has 4 rings (SSSR count). The lowest BCUT2D eigenvalue weighted by Gasteiger charge is -2.22. The van der Waals surface area contributed by atoms with Crippen LogP contribution in [0.1, 0.15) is 51.6 Å². The molecule has 4 nitrogen and oxygen atoms in total. The Labute approximate surface area is 199 Å². The second-order valence-electron chi connectivity index (χ2n) is 8.34. The van der Waals surface area contributed by atoms with Crippen molar-refractivity contribution >= 4 is 11.9 Å². The summed E-state index contributed by atoms with van der Waals surface area (Å²) in [6, 6.07) is 29.4. The number of benzene rings is 4. The Kier molecular flexibility index (Phi) is 6.88. The van der Waals surface area contributed by atoms with E-state index in [-0.39, 0.29) is 17.4 Å². The first-order valence-electron chi connectivity index (χ1n) is 11.2. The van der Waals surface area contributed by atoms with Gasteiger partial charge in [0.1, 0.15) is 0 Å². The van der Waals surface area contributed by atoms with Crippen molar-refractivity contribution in [3.63, 3.8) is 0 Å². The minimum Gasteiger partial charge on any atom is -0.419 e. The van der Waals surface area contributed by atoms with Gasteiger partial charge in [0, 0.05) is 5.56 Å². The molecule has 4 aromatic carbocycles. The quantitative estimate of drug-likeness (QED) is 0.230. The maximum Gasteiger partial charge on any atom is 0.343 e. The normalized spacial score (nSPS) is 10.7. The molecule has 34 heavy (non-hydrogen) atoms. The topological polar surface area (TPSA) is 52.6 Å². The molecule has 0 aliphatic rings. The molecule has 0 aliphatic heterocycles. The Morgan fingerprint density at radius 1 is 0.647 bits per heavy atom. The molecule has 0 radical (unpaired) electrons. The number of esters is 2. The van der Waals surface area contributed by atoms with Crippen molar-refractivity contribution in [2.45, 2.75) is 26.7 Å². The van der Waals surface area contributed by atoms with Crippen LogP contribution in [0, 0.1) is 6.92 Å². The number of ether oxygens (including phenoxy) is 2. The smallest absolute Gasteiger partial charge is 0.343 e. The molecule has 0 bridgehead atoms. The number of carbonyl (C=O) groups is 2. The molecule has 0 saturated carbocycles. The zero-order valence-corrected chi connectivity index (χ0v) is 19.4. The van der Waals surface area contributed by atoms with Gasteiger partial charge < -0.3 is 9.47 Å². The van der Waals surface area contributed by atoms with E-state index in [1.165, 1.54) is 0 Å². The summed E-state index contributed by atoms with van der Waals surface area (Å²) in [5.74, 6) is -0.510. The lowest BCUT2D eigenvalue weighted by Crippen LogP contribution is -2.15. The van der Waals surface area contributed by atoms with Crippen molar-refractivity contribution in [1.82, 2.24) is 0 Å². The molecule has 4 aromatic rings. The molecule has 0 aliphatic carbocycles. The van der Waals surface area contributed by atoms with Gasteiger partial charge in [-0.15, -0.1) is 0 Å². The van der Waals surface area contributed by atoms with Gasteiger partial charge in [0.2, 0.25) is 0 Å². The Morgan fingerprint density at radius 3 is 1.56 bits per heavy atom. The SMILES string of the molecule is Cc1cc(-c2ccccc2)c(C(C)C)c(OC(=O)c2ccccc2)c1OC(=O)c1ccccc1. The third-order valence-electron chi connectivity index (χ3n) is 5.53. The Balaban J connectivity index is 1.88. The van der Waals surface area contributed by atoms with E-state index in [0.29, 0.717) is 16.7 Å². The molecule has 0 saturated heterocycles. The Morgan fingerprint density at radius 2 is 1.09 bits per heavy atom. The largest absolute Gasteiger partial charge is 0.419 e. The van der Waals surface area contributed by atoms with Crippen LogP contribution in [-0.2, 0) is 0 Å². The third kappa shape index (κ3) is 4.91. The summed E-state index contributed by atoms with van der Waals surface area (Å²) in [5, 5.41) is 0. The molecule has 0 unspecified atom stereocenters. The van der Waals surface area contributed by atoms with Gasteiger partial charge in [0.15, 0.2) is 11.5 Å². The van der Waals surface area contributed by atoms with Gasteiger partial charge in [0.05, 0.1) is 11.1 Å². The molecule has 0 amide bonds. The van der Waals surface area contributed by atoms with Gasteiger partial charge in [-0.2, -0.15) is 0 Å². The highest BCUT2D eigenvalue weighted by molar-refractivity contribution is 5.94. The van der Waals surface area contributed by atoms with E-state index in [1.807, 2.05) is 69.3 Å². The van der Waals surface area contributed by atoms with Crippen LogP contribution in [0.5, 0.6) is 11.5 Å². The first kappa shape index (κ1) is 23.0. The fourth-order valence-electron chi connectivity index (χ4n) is 3.89. The van der Waals surface area contributed by atoms with Crippen LogP contribution < -0.4 is 9.47 Å². The van der Waals surface area contributed by atoms with Gasteiger partial charge in [0.25, 0.3) is 0 Å². The van der Waals surface area contributed by atoms with E-state index in [2.05, 4.69) is 0 Å². The van der Waals surface area contributed by atoms with Gasteiger partial charge in [-0.1, -0.05) is 80.6 Å². The summed E-state index contributed by atoms with van der Waals surface area (Å²) in [6.07, 6.45) is 0. The molecular weight excluding hydrogens is 424 g/mol. The summed E-state index contributed by atoms with van der Waals surface area (Å²) in [4.78, 5) is 26.0. The average molecular weight is 451 g/mol. The molecule has 0 atom stereocenters. The zero-order chi connectivity index (χ0) is 24.1. The second kappa shape index (κ2) is 10.2. The van der Waals surface area contributed by atoms with E-state index >= 15 is 0 Å². The maximum absolute atomic E-state index is 13.1. The molecular formula is C30H26O4. The predicted octanol–water partition coefficient (Wildman–Crippen LogP) is 7.22. The summed E-state index contributed by atoms with van der Waals surface area (Å²) in [6.45, 7) is 5.91. The van der Waals surface area contributed by atoms with E-state index in [4.69, 9.17) is 9.47 Å². The number of hydrogen-bond donors (Lipinski definition) is 0. The van der Waals surface area contributed by atoms with Crippen molar-refractivity contribution in [1.29, 1.82) is 0 Å². The minimum absolute atomic E-state index is 0.0106. The van der Waals surface area contributed by atoms with Crippen LogP contribution in [0.2, 0.25) is 0 Å². The monoisotopic (exact) mass is 450 g/mol. The van der Waals surface area contributed by atoms with Crippen LogP contribution in [0.25, 0.3) is 11.1 Å². The fraction of sp³-hybridized carbons (Fsp3) is 0.133. The Bertz CT molecular complexity index is 1290. The standard InChI is InChI=1S/C30H26O4/c1-20(2)26-25(22-13-7-4-8-14-22)19-21(3)27(33-29(31)23-15-9-5-10-16-23)28(26)34-30(32)24-17-11-6-12-18-24/h4-20H,1-3H3. The average Bonchev–Trinajstić information content (AvgIpc) is 2.87. The first-order valence-corrected chi connectivity index (χ1v) is 11.2. The molecule has 0 heterocycles. The van der Waals surface area contributed by atoms with Crippen molar-refractivity contribution in [2.24, 2.45) is 0 Å². The van der Waals surface area contributed by atoms with Crippen molar-refractivity contribution < 1.29 is 19.1 Å². The molecule has 0 spiro atoms. The summed E-state index contributed by atoms with van der Waals surface area (Å²) in [5.41, 5.74) is 4.26. The van der Waals surface area contributed by atoms with Crippen molar-refractivity contribution in [3.05, 3.63) is 119 Å². The van der Waals surface area contributed by atoms with E-state index in [9.17, 15) is 9.59 Å². The summed E-state index contributed by atoms with van der Waals surface area (Å²) < 4.78 is 11.9. The van der Waals surface area contributed by atoms with Crippen LogP contribution >= 0.6 is 0 Å². The molecule has 4 heteroatoms. The van der Waals surface area contributed by atoms with Crippen LogP contribution in [0.4, 0.5) is 0 Å². The maximum atomic E-state index is 13.1. The van der Waals surface area contributed by atoms with Crippen LogP contribution in [-0.4, -0.2) is 11.9 Å². The molecule has 0 fully saturated rings. The van der Waals surface area contributed by atoms with E-state index in [0.717, 1.165) is 16.7 Å². The van der Waals surface area contributed by atoms with E-state index < -0.39 is 11.9 Å². The minimum atomic E-state index is -0.511. The van der Waals surface area contributed by atoms with Crippen LogP contribution in [0.3, 0.4) is 0 Å². The number of aryl methyl sites for hydroxylation is 1. The highest BCUT2D eigenvalue weighted by atomic mass is 16.6. The van der Waals surface area contributed by atoms with Gasteiger partial charge >= 0.3 is 11.9 Å². The van der Waals surface area contributed by atoms with Gasteiger partial charge in [-0.25, -0.2) is 9.59 Å². The number of carbonyl (C=O) groups excluding carboxylic acids is 2. The molecule has 0 N–H and O–H groups in total. The lowest BCUT2D eigenvalue weighted by atomic mass is 9.89. The third-order valence-corrected chi connectivity index (χ3v) is 5.53. The van der Waals surface area contributed by atoms with Crippen molar-refractivity contribution in [2.75, 3.05) is 0 Å². The highest BCUT2D eigenvalue weighted by Gasteiger charge is 2.26. The van der Waals surface area contributed by atoms with E-state index in [1.54, 1.807) is 48.5 Å². The van der Waals surface area contributed by atoms with Gasteiger partial charge in [-0.3, -0.25) is 0 Å². The predicted molar refractivity (Wildman–Crippen MR) is 134 cm³/mol. The lowest BCUT2D eigenvalue weighted by molar-refractivity contribution is 0.0679.